The molecule has 1 amide bonds. The number of aromatic amines is 1. The second-order valence-electron chi connectivity index (χ2n) is 6.09. The van der Waals surface area contributed by atoms with Gasteiger partial charge in [-0.15, -0.1) is 0 Å². The summed E-state index contributed by atoms with van der Waals surface area (Å²) in [5.74, 6) is -4.69. The molecule has 7 heteroatoms. The molecule has 0 saturated heterocycles. The topological polar surface area (TPSA) is 70.9 Å². The average Bonchev–Trinajstić information content (AvgIpc) is 2.98. The summed E-state index contributed by atoms with van der Waals surface area (Å²) in [6, 6.07) is 7.88. The van der Waals surface area contributed by atoms with E-state index in [1.807, 2.05) is 24.3 Å². The molecule has 4 N–H and O–H groups in total. The number of halogens is 3. The van der Waals surface area contributed by atoms with E-state index >= 15 is 0 Å². The van der Waals surface area contributed by atoms with Gasteiger partial charge in [0.2, 0.25) is 5.91 Å². The second kappa shape index (κ2) is 5.63. The Morgan fingerprint density at radius 2 is 1.84 bits per heavy atom. The van der Waals surface area contributed by atoms with Crippen LogP contribution in [0.1, 0.15) is 22.9 Å². The van der Waals surface area contributed by atoms with Crippen LogP contribution in [0.15, 0.2) is 36.4 Å². The van der Waals surface area contributed by atoms with Gasteiger partial charge in [0, 0.05) is 22.2 Å². The number of para-hydroxylation sites is 1. The quantitative estimate of drug-likeness (QED) is 0.625. The number of nitrogens with two attached hydrogens (primary N) is 1. The highest BCUT2D eigenvalue weighted by Crippen LogP contribution is 2.36. The van der Waals surface area contributed by atoms with Crippen molar-refractivity contribution in [1.82, 2.24) is 10.3 Å². The molecule has 0 unspecified atom stereocenters. The Morgan fingerprint density at radius 1 is 1.08 bits per heavy atom. The van der Waals surface area contributed by atoms with Crippen molar-refractivity contribution in [3.63, 3.8) is 0 Å². The molecule has 4 nitrogen and oxygen atoms in total. The molecule has 1 aromatic heterocycles. The molecule has 0 fully saturated rings. The molecule has 0 aliphatic carbocycles. The number of rotatable bonds is 2. The van der Waals surface area contributed by atoms with Gasteiger partial charge >= 0.3 is 0 Å². The highest BCUT2D eigenvalue weighted by Gasteiger charge is 2.35. The molecular formula is C18H14F3N3O. The zero-order valence-electron chi connectivity index (χ0n) is 12.9. The standard InChI is InChI=1S/C18H14F3N3O/c19-11-6-5-9(14(20)15(11)21)16-17-10(7-13(24-16)18(22)25)8-3-1-2-4-12(8)23-17/h1-6,13,16,23-24H,7H2,(H2,22,25)/t13-,16+/m0/s1. The van der Waals surface area contributed by atoms with Gasteiger partial charge in [-0.1, -0.05) is 24.3 Å². The Balaban J connectivity index is 1.94. The minimum absolute atomic E-state index is 0.0855. The van der Waals surface area contributed by atoms with Crippen molar-refractivity contribution in [2.45, 2.75) is 18.5 Å². The molecule has 2 atom stereocenters. The van der Waals surface area contributed by atoms with Crippen LogP contribution >= 0.6 is 0 Å². The van der Waals surface area contributed by atoms with Gasteiger partial charge in [-0.05, 0) is 24.1 Å². The van der Waals surface area contributed by atoms with Crippen LogP contribution in [0.25, 0.3) is 10.9 Å². The molecule has 1 aliphatic rings. The minimum atomic E-state index is -1.54. The Bertz CT molecular complexity index is 999. The number of fused-ring (bicyclic) bond motifs is 3. The van der Waals surface area contributed by atoms with E-state index in [9.17, 15) is 18.0 Å². The van der Waals surface area contributed by atoms with Crippen molar-refractivity contribution in [3.05, 3.63) is 70.7 Å². The highest BCUT2D eigenvalue weighted by molar-refractivity contribution is 5.88. The lowest BCUT2D eigenvalue weighted by atomic mass is 9.90. The van der Waals surface area contributed by atoms with E-state index in [1.165, 1.54) is 6.07 Å². The first-order valence-electron chi connectivity index (χ1n) is 7.75. The molecule has 2 aromatic carbocycles. The number of primary amides is 1. The van der Waals surface area contributed by atoms with Crippen molar-refractivity contribution >= 4 is 16.8 Å². The average molecular weight is 345 g/mol. The van der Waals surface area contributed by atoms with Crippen LogP contribution in [0.3, 0.4) is 0 Å². The molecule has 4 rings (SSSR count). The third kappa shape index (κ3) is 2.39. The lowest BCUT2D eigenvalue weighted by molar-refractivity contribution is -0.120. The van der Waals surface area contributed by atoms with Gasteiger partial charge in [0.05, 0.1) is 12.1 Å². The van der Waals surface area contributed by atoms with Crippen LogP contribution in [0, 0.1) is 17.5 Å². The smallest absolute Gasteiger partial charge is 0.234 e. The molecule has 0 bridgehead atoms. The third-order valence-electron chi connectivity index (χ3n) is 4.63. The summed E-state index contributed by atoms with van der Waals surface area (Å²) < 4.78 is 41.3. The Hall–Kier alpha value is -2.80. The largest absolute Gasteiger partial charge is 0.368 e. The predicted octanol–water partition coefficient (Wildman–Crippen LogP) is 2.67. The van der Waals surface area contributed by atoms with Gasteiger partial charge in [-0.25, -0.2) is 13.2 Å². The number of hydrogen-bond donors (Lipinski definition) is 3. The maximum atomic E-state index is 14.3. The van der Waals surface area contributed by atoms with Crippen molar-refractivity contribution in [1.29, 1.82) is 0 Å². The number of aromatic nitrogens is 1. The summed E-state index contributed by atoms with van der Waals surface area (Å²) in [6.07, 6.45) is 0.330. The third-order valence-corrected chi connectivity index (χ3v) is 4.63. The normalized spacial score (nSPS) is 19.8. The molecule has 0 spiro atoms. The van der Waals surface area contributed by atoms with Crippen LogP contribution in [-0.2, 0) is 11.2 Å². The van der Waals surface area contributed by atoms with Crippen molar-refractivity contribution in [3.8, 4) is 0 Å². The van der Waals surface area contributed by atoms with Gasteiger partial charge in [0.25, 0.3) is 0 Å². The predicted molar refractivity (Wildman–Crippen MR) is 86.3 cm³/mol. The van der Waals surface area contributed by atoms with E-state index in [2.05, 4.69) is 10.3 Å². The van der Waals surface area contributed by atoms with E-state index in [-0.39, 0.29) is 5.56 Å². The van der Waals surface area contributed by atoms with E-state index in [0.717, 1.165) is 22.5 Å². The van der Waals surface area contributed by atoms with Gasteiger partial charge in [0.1, 0.15) is 0 Å². The fraction of sp³-hybridized carbons (Fsp3) is 0.167. The Kier molecular flexibility index (Phi) is 3.54. The van der Waals surface area contributed by atoms with Crippen molar-refractivity contribution in [2.24, 2.45) is 5.73 Å². The lowest BCUT2D eigenvalue weighted by Crippen LogP contribution is -2.48. The van der Waals surface area contributed by atoms with E-state index in [4.69, 9.17) is 5.73 Å². The van der Waals surface area contributed by atoms with E-state index in [1.54, 1.807) is 0 Å². The van der Waals surface area contributed by atoms with Crippen LogP contribution in [0.4, 0.5) is 13.2 Å². The van der Waals surface area contributed by atoms with E-state index < -0.39 is 35.4 Å². The molecule has 25 heavy (non-hydrogen) atoms. The summed E-state index contributed by atoms with van der Waals surface area (Å²) in [5, 5.41) is 3.83. The molecule has 0 radical (unpaired) electrons. The minimum Gasteiger partial charge on any atom is -0.368 e. The van der Waals surface area contributed by atoms with Crippen molar-refractivity contribution < 1.29 is 18.0 Å². The van der Waals surface area contributed by atoms with Crippen LogP contribution in [0.5, 0.6) is 0 Å². The number of benzene rings is 2. The maximum absolute atomic E-state index is 14.3. The number of H-pyrrole nitrogens is 1. The molecule has 1 aliphatic heterocycles. The summed E-state index contributed by atoms with van der Waals surface area (Å²) in [6.45, 7) is 0. The number of amides is 1. The lowest BCUT2D eigenvalue weighted by Gasteiger charge is -2.30. The van der Waals surface area contributed by atoms with Crippen LogP contribution < -0.4 is 11.1 Å². The number of carbonyl (C=O) groups is 1. The highest BCUT2D eigenvalue weighted by atomic mass is 19.2. The fourth-order valence-electron chi connectivity index (χ4n) is 3.43. The SMILES string of the molecule is NC(=O)[C@@H]1Cc2c([nH]c3ccccc23)[C@@H](c2ccc(F)c(F)c2F)N1. The maximum Gasteiger partial charge on any atom is 0.234 e. The fourth-order valence-corrected chi connectivity index (χ4v) is 3.43. The zero-order chi connectivity index (χ0) is 17.7. The van der Waals surface area contributed by atoms with Gasteiger partial charge in [0.15, 0.2) is 17.5 Å². The summed E-state index contributed by atoms with van der Waals surface area (Å²) in [7, 11) is 0. The number of carbonyl (C=O) groups excluding carboxylic acids is 1. The molecule has 128 valence electrons. The molecular weight excluding hydrogens is 331 g/mol. The van der Waals surface area contributed by atoms with Gasteiger partial charge in [-0.3, -0.25) is 10.1 Å². The van der Waals surface area contributed by atoms with Crippen molar-refractivity contribution in [2.75, 3.05) is 0 Å². The van der Waals surface area contributed by atoms with Crippen LogP contribution in [-0.4, -0.2) is 16.9 Å². The Morgan fingerprint density at radius 3 is 2.60 bits per heavy atom. The van der Waals surface area contributed by atoms with Gasteiger partial charge < -0.3 is 10.7 Å². The number of nitrogens with one attached hydrogen (secondary N) is 2. The second-order valence-corrected chi connectivity index (χ2v) is 6.09. The summed E-state index contributed by atoms with van der Waals surface area (Å²) in [5.41, 5.74) is 7.58. The van der Waals surface area contributed by atoms with Gasteiger partial charge in [-0.2, -0.15) is 0 Å². The monoisotopic (exact) mass is 345 g/mol. The zero-order valence-corrected chi connectivity index (χ0v) is 12.9. The first kappa shape index (κ1) is 15.7. The Labute approximate surface area is 140 Å². The first-order valence-corrected chi connectivity index (χ1v) is 7.75. The molecule has 3 aromatic rings. The summed E-state index contributed by atoms with van der Waals surface area (Å²) >= 11 is 0. The first-order chi connectivity index (χ1) is 12.0. The number of hydrogen-bond acceptors (Lipinski definition) is 2. The van der Waals surface area contributed by atoms with E-state index in [0.29, 0.717) is 12.1 Å². The molecule has 2 heterocycles. The molecule has 0 saturated carbocycles. The summed E-state index contributed by atoms with van der Waals surface area (Å²) in [4.78, 5) is 14.9. The van der Waals surface area contributed by atoms with Crippen LogP contribution in [0.2, 0.25) is 0 Å².